The van der Waals surface area contributed by atoms with Crippen molar-refractivity contribution in [3.05, 3.63) is 29.0 Å². The molecule has 0 radical (unpaired) electrons. The van der Waals surface area contributed by atoms with Gasteiger partial charge in [0.1, 0.15) is 5.82 Å². The van der Waals surface area contributed by atoms with E-state index in [1.54, 1.807) is 0 Å². The van der Waals surface area contributed by atoms with Crippen LogP contribution in [0.5, 0.6) is 0 Å². The number of aryl methyl sites for hydroxylation is 1. The van der Waals surface area contributed by atoms with Crippen LogP contribution >= 0.6 is 11.6 Å². The molecule has 0 aliphatic carbocycles. The normalized spacial score (nSPS) is 20.2. The van der Waals surface area contributed by atoms with E-state index < -0.39 is 0 Å². The van der Waals surface area contributed by atoms with Crippen LogP contribution in [0.3, 0.4) is 0 Å². The quantitative estimate of drug-likeness (QED) is 0.886. The molecule has 1 aliphatic heterocycles. The zero-order chi connectivity index (χ0) is 11.8. The predicted molar refractivity (Wildman–Crippen MR) is 70.4 cm³/mol. The van der Waals surface area contributed by atoms with Gasteiger partial charge in [0, 0.05) is 11.6 Å². The minimum atomic E-state index is 0.404. The van der Waals surface area contributed by atoms with Crippen molar-refractivity contribution < 1.29 is 0 Å². The highest BCUT2D eigenvalue weighted by Gasteiger charge is 2.22. The molecule has 4 heteroatoms. The van der Waals surface area contributed by atoms with E-state index in [0.717, 1.165) is 35.0 Å². The molecule has 1 saturated heterocycles. The number of imidazole rings is 1. The zero-order valence-corrected chi connectivity index (χ0v) is 10.7. The Bertz CT molecular complexity index is 541. The molecule has 1 unspecified atom stereocenters. The lowest BCUT2D eigenvalue weighted by Crippen LogP contribution is -2.17. The number of nitrogens with one attached hydrogen (secondary N) is 1. The standard InChI is InChI=1S/C13H16ClN3/c1-2-17-12-8-9(14)5-6-10(12)16-13(17)11-4-3-7-15-11/h5-6,8,11,15H,2-4,7H2,1H3. The molecular formula is C13H16ClN3. The number of aromatic nitrogens is 2. The number of halogens is 1. The molecule has 0 spiro atoms. The van der Waals surface area contributed by atoms with Gasteiger partial charge in [-0.3, -0.25) is 0 Å². The van der Waals surface area contributed by atoms with Crippen molar-refractivity contribution >= 4 is 22.6 Å². The molecule has 0 amide bonds. The van der Waals surface area contributed by atoms with E-state index in [1.165, 1.54) is 12.8 Å². The van der Waals surface area contributed by atoms with Gasteiger partial charge >= 0.3 is 0 Å². The predicted octanol–water partition coefficient (Wildman–Crippen LogP) is 3.13. The van der Waals surface area contributed by atoms with E-state index in [4.69, 9.17) is 16.6 Å². The topological polar surface area (TPSA) is 29.9 Å². The molecule has 17 heavy (non-hydrogen) atoms. The summed E-state index contributed by atoms with van der Waals surface area (Å²) in [5, 5.41) is 4.28. The molecule has 2 heterocycles. The lowest BCUT2D eigenvalue weighted by Gasteiger charge is -2.12. The van der Waals surface area contributed by atoms with Gasteiger partial charge < -0.3 is 9.88 Å². The van der Waals surface area contributed by atoms with Crippen LogP contribution in [-0.4, -0.2) is 16.1 Å². The molecule has 1 aliphatic rings. The Morgan fingerprint density at radius 2 is 2.41 bits per heavy atom. The lowest BCUT2D eigenvalue weighted by atomic mass is 10.2. The largest absolute Gasteiger partial charge is 0.327 e. The van der Waals surface area contributed by atoms with Gasteiger partial charge in [-0.2, -0.15) is 0 Å². The molecule has 3 rings (SSSR count). The van der Waals surface area contributed by atoms with Gasteiger partial charge in [0.2, 0.25) is 0 Å². The van der Waals surface area contributed by atoms with Crippen molar-refractivity contribution in [2.24, 2.45) is 0 Å². The lowest BCUT2D eigenvalue weighted by molar-refractivity contribution is 0.565. The van der Waals surface area contributed by atoms with E-state index in [1.807, 2.05) is 18.2 Å². The Morgan fingerprint density at radius 1 is 1.53 bits per heavy atom. The minimum absolute atomic E-state index is 0.404. The Balaban J connectivity index is 2.17. The van der Waals surface area contributed by atoms with Crippen molar-refractivity contribution in [1.29, 1.82) is 0 Å². The van der Waals surface area contributed by atoms with E-state index in [2.05, 4.69) is 16.8 Å². The second-order valence-corrected chi connectivity index (χ2v) is 4.93. The van der Waals surface area contributed by atoms with E-state index in [-0.39, 0.29) is 0 Å². The number of benzene rings is 1. The third-order valence-electron chi connectivity index (χ3n) is 3.43. The highest BCUT2D eigenvalue weighted by molar-refractivity contribution is 6.31. The second kappa shape index (κ2) is 4.31. The minimum Gasteiger partial charge on any atom is -0.327 e. The highest BCUT2D eigenvalue weighted by Crippen LogP contribution is 2.27. The van der Waals surface area contributed by atoms with Gasteiger partial charge in [0.15, 0.2) is 0 Å². The Labute approximate surface area is 106 Å². The fourth-order valence-electron chi connectivity index (χ4n) is 2.62. The third-order valence-corrected chi connectivity index (χ3v) is 3.66. The molecule has 0 bridgehead atoms. The molecule has 1 fully saturated rings. The highest BCUT2D eigenvalue weighted by atomic mass is 35.5. The summed E-state index contributed by atoms with van der Waals surface area (Å²) in [4.78, 5) is 4.75. The van der Waals surface area contributed by atoms with Crippen molar-refractivity contribution in [3.8, 4) is 0 Å². The summed E-state index contributed by atoms with van der Waals surface area (Å²) in [5.41, 5.74) is 2.18. The molecule has 2 aromatic rings. The van der Waals surface area contributed by atoms with Crippen LogP contribution in [0.4, 0.5) is 0 Å². The van der Waals surface area contributed by atoms with Gasteiger partial charge in [-0.25, -0.2) is 4.98 Å². The Hall–Kier alpha value is -1.06. The molecule has 1 aromatic heterocycles. The van der Waals surface area contributed by atoms with Crippen molar-refractivity contribution in [1.82, 2.24) is 14.9 Å². The third kappa shape index (κ3) is 1.83. The summed E-state index contributed by atoms with van der Waals surface area (Å²) in [7, 11) is 0. The van der Waals surface area contributed by atoms with Crippen LogP contribution in [0.15, 0.2) is 18.2 Å². The summed E-state index contributed by atoms with van der Waals surface area (Å²) in [5.74, 6) is 1.15. The molecule has 1 atom stereocenters. The first-order valence-electron chi connectivity index (χ1n) is 6.18. The van der Waals surface area contributed by atoms with Gasteiger partial charge in [-0.05, 0) is 44.5 Å². The SMILES string of the molecule is CCn1c(C2CCCN2)nc2ccc(Cl)cc21. The second-order valence-electron chi connectivity index (χ2n) is 4.50. The van der Waals surface area contributed by atoms with Crippen LogP contribution < -0.4 is 5.32 Å². The van der Waals surface area contributed by atoms with Gasteiger partial charge in [-0.1, -0.05) is 11.6 Å². The van der Waals surface area contributed by atoms with Crippen LogP contribution in [0.2, 0.25) is 5.02 Å². The van der Waals surface area contributed by atoms with Crippen molar-refractivity contribution in [3.63, 3.8) is 0 Å². The first-order valence-corrected chi connectivity index (χ1v) is 6.56. The maximum Gasteiger partial charge on any atom is 0.127 e. The van der Waals surface area contributed by atoms with Gasteiger partial charge in [0.25, 0.3) is 0 Å². The number of hydrogen-bond donors (Lipinski definition) is 1. The fraction of sp³-hybridized carbons (Fsp3) is 0.462. The van der Waals surface area contributed by atoms with Gasteiger partial charge in [-0.15, -0.1) is 0 Å². The number of nitrogens with zero attached hydrogens (tertiary/aromatic N) is 2. The maximum atomic E-state index is 6.06. The summed E-state index contributed by atoms with van der Waals surface area (Å²) < 4.78 is 2.27. The van der Waals surface area contributed by atoms with Crippen LogP contribution in [0.25, 0.3) is 11.0 Å². The summed E-state index contributed by atoms with van der Waals surface area (Å²) in [6.45, 7) is 4.18. The zero-order valence-electron chi connectivity index (χ0n) is 9.91. The molecule has 3 nitrogen and oxygen atoms in total. The van der Waals surface area contributed by atoms with Crippen molar-refractivity contribution in [2.75, 3.05) is 6.54 Å². The first kappa shape index (κ1) is 11.1. The average Bonchev–Trinajstić information content (AvgIpc) is 2.94. The molecular weight excluding hydrogens is 234 g/mol. The smallest absolute Gasteiger partial charge is 0.127 e. The van der Waals surface area contributed by atoms with Crippen LogP contribution in [-0.2, 0) is 6.54 Å². The van der Waals surface area contributed by atoms with Crippen molar-refractivity contribution in [2.45, 2.75) is 32.4 Å². The first-order chi connectivity index (χ1) is 8.29. The van der Waals surface area contributed by atoms with E-state index in [0.29, 0.717) is 6.04 Å². The Kier molecular flexibility index (Phi) is 2.81. The molecule has 1 aromatic carbocycles. The van der Waals surface area contributed by atoms with E-state index in [9.17, 15) is 0 Å². The molecule has 90 valence electrons. The van der Waals surface area contributed by atoms with Crippen LogP contribution in [0, 0.1) is 0 Å². The van der Waals surface area contributed by atoms with Gasteiger partial charge in [0.05, 0.1) is 17.1 Å². The number of hydrogen-bond acceptors (Lipinski definition) is 2. The summed E-state index contributed by atoms with van der Waals surface area (Å²) in [6, 6.07) is 6.32. The Morgan fingerprint density at radius 3 is 3.12 bits per heavy atom. The summed E-state index contributed by atoms with van der Waals surface area (Å²) in [6.07, 6.45) is 2.41. The molecule has 1 N–H and O–H groups in total. The van der Waals surface area contributed by atoms with E-state index >= 15 is 0 Å². The maximum absolute atomic E-state index is 6.06. The molecule has 0 saturated carbocycles. The monoisotopic (exact) mass is 249 g/mol. The summed E-state index contributed by atoms with van der Waals surface area (Å²) >= 11 is 6.06. The van der Waals surface area contributed by atoms with Crippen LogP contribution in [0.1, 0.15) is 31.6 Å². The fourth-order valence-corrected chi connectivity index (χ4v) is 2.78. The number of rotatable bonds is 2. The average molecular weight is 250 g/mol. The number of fused-ring (bicyclic) bond motifs is 1.